The van der Waals surface area contributed by atoms with Gasteiger partial charge < -0.3 is 9.47 Å². The van der Waals surface area contributed by atoms with Gasteiger partial charge >= 0.3 is 0 Å². The van der Waals surface area contributed by atoms with Crippen molar-refractivity contribution in [3.05, 3.63) is 64.2 Å². The lowest BCUT2D eigenvalue weighted by Gasteiger charge is -2.11. The highest BCUT2D eigenvalue weighted by Crippen LogP contribution is 2.35. The van der Waals surface area contributed by atoms with Crippen LogP contribution in [0.3, 0.4) is 0 Å². The second kappa shape index (κ2) is 7.63. The van der Waals surface area contributed by atoms with Gasteiger partial charge in [0.2, 0.25) is 0 Å². The third kappa shape index (κ3) is 3.41. The number of nitro groups is 1. The minimum absolute atomic E-state index is 0.00881. The zero-order valence-electron chi connectivity index (χ0n) is 15.2. The molecule has 2 aromatic carbocycles. The second-order valence-electron chi connectivity index (χ2n) is 5.87. The number of ether oxygens (including phenoxy) is 2. The average Bonchev–Trinajstić information content (AvgIpc) is 2.72. The van der Waals surface area contributed by atoms with E-state index in [0.717, 1.165) is 5.56 Å². The number of nitrogen functional groups attached to an aromatic ring is 1. The van der Waals surface area contributed by atoms with Crippen molar-refractivity contribution in [2.45, 2.75) is 0 Å². The SMILES string of the molecule is COc1ccc(-c2cc(-c3ccc([N+](=O)[O-])cc3)[nH+]c(N)c2C#N)cc1OC. The van der Waals surface area contributed by atoms with Crippen molar-refractivity contribution in [2.75, 3.05) is 20.0 Å². The Hall–Kier alpha value is -4.12. The Morgan fingerprint density at radius 1 is 1.04 bits per heavy atom. The quantitative estimate of drug-likeness (QED) is 0.537. The van der Waals surface area contributed by atoms with E-state index in [4.69, 9.17) is 15.2 Å². The summed E-state index contributed by atoms with van der Waals surface area (Å²) in [6, 6.07) is 15.3. The van der Waals surface area contributed by atoms with Gasteiger partial charge in [0.15, 0.2) is 11.5 Å². The predicted molar refractivity (Wildman–Crippen MR) is 103 cm³/mol. The van der Waals surface area contributed by atoms with E-state index in [1.54, 1.807) is 43.5 Å². The van der Waals surface area contributed by atoms with Crippen LogP contribution in [0.1, 0.15) is 5.56 Å². The van der Waals surface area contributed by atoms with E-state index in [2.05, 4.69) is 11.1 Å². The summed E-state index contributed by atoms with van der Waals surface area (Å²) in [6.07, 6.45) is 0. The van der Waals surface area contributed by atoms with Crippen LogP contribution in [0.25, 0.3) is 22.4 Å². The third-order valence-electron chi connectivity index (χ3n) is 4.29. The van der Waals surface area contributed by atoms with Crippen LogP contribution >= 0.6 is 0 Å². The first-order chi connectivity index (χ1) is 13.5. The number of nitrogens with two attached hydrogens (primary N) is 1. The Bertz CT molecular complexity index is 1090. The summed E-state index contributed by atoms with van der Waals surface area (Å²) in [5.41, 5.74) is 9.00. The van der Waals surface area contributed by atoms with Crippen LogP contribution in [-0.2, 0) is 0 Å². The zero-order valence-corrected chi connectivity index (χ0v) is 15.2. The number of nitriles is 1. The Morgan fingerprint density at radius 2 is 1.68 bits per heavy atom. The maximum atomic E-state index is 10.9. The first kappa shape index (κ1) is 18.7. The number of nitro benzene ring substituents is 1. The maximum Gasteiger partial charge on any atom is 0.289 e. The molecule has 0 bridgehead atoms. The minimum Gasteiger partial charge on any atom is -0.493 e. The summed E-state index contributed by atoms with van der Waals surface area (Å²) in [4.78, 5) is 13.4. The molecule has 8 heteroatoms. The number of benzene rings is 2. The molecule has 1 aromatic heterocycles. The fourth-order valence-electron chi connectivity index (χ4n) is 2.88. The number of aromatic nitrogens is 1. The van der Waals surface area contributed by atoms with Crippen molar-refractivity contribution in [1.29, 1.82) is 5.26 Å². The normalized spacial score (nSPS) is 10.2. The molecule has 3 N–H and O–H groups in total. The highest BCUT2D eigenvalue weighted by molar-refractivity contribution is 5.79. The highest BCUT2D eigenvalue weighted by Gasteiger charge is 2.19. The van der Waals surface area contributed by atoms with Gasteiger partial charge in [-0.15, -0.1) is 0 Å². The lowest BCUT2D eigenvalue weighted by Crippen LogP contribution is -2.16. The lowest BCUT2D eigenvalue weighted by molar-refractivity contribution is -0.384. The van der Waals surface area contributed by atoms with Gasteiger partial charge in [-0.25, -0.2) is 4.98 Å². The van der Waals surface area contributed by atoms with E-state index in [0.29, 0.717) is 28.3 Å². The van der Waals surface area contributed by atoms with Crippen LogP contribution in [-0.4, -0.2) is 19.1 Å². The predicted octanol–water partition coefficient (Wildman–Crippen LogP) is 3.21. The number of pyridine rings is 1. The number of rotatable bonds is 5. The van der Waals surface area contributed by atoms with Gasteiger partial charge in [-0.3, -0.25) is 15.8 Å². The first-order valence-electron chi connectivity index (χ1n) is 8.21. The molecule has 0 amide bonds. The number of nitrogens with one attached hydrogen (secondary N) is 1. The van der Waals surface area contributed by atoms with Gasteiger partial charge in [0, 0.05) is 23.3 Å². The van der Waals surface area contributed by atoms with Crippen LogP contribution in [0, 0.1) is 21.4 Å². The van der Waals surface area contributed by atoms with Crippen molar-refractivity contribution in [1.82, 2.24) is 0 Å². The average molecular weight is 377 g/mol. The molecule has 0 fully saturated rings. The zero-order chi connectivity index (χ0) is 20.3. The standard InChI is InChI=1S/C20H16N4O4/c1-27-18-8-5-13(9-19(18)28-2)15-10-17(23-20(22)16(15)11-21)12-3-6-14(7-4-12)24(25)26/h3-10H,1-2H3,(H2,22,23)/p+1. The number of hydrogen-bond donors (Lipinski definition) is 1. The number of hydrogen-bond acceptors (Lipinski definition) is 6. The molecule has 0 saturated heterocycles. The van der Waals surface area contributed by atoms with Crippen molar-refractivity contribution in [3.63, 3.8) is 0 Å². The smallest absolute Gasteiger partial charge is 0.289 e. The van der Waals surface area contributed by atoms with Crippen LogP contribution in [0.5, 0.6) is 11.5 Å². The molecule has 0 aliphatic carbocycles. The number of non-ortho nitro benzene ring substituents is 1. The monoisotopic (exact) mass is 377 g/mol. The third-order valence-corrected chi connectivity index (χ3v) is 4.29. The molecular weight excluding hydrogens is 360 g/mol. The molecule has 140 valence electrons. The van der Waals surface area contributed by atoms with Crippen molar-refractivity contribution < 1.29 is 19.4 Å². The van der Waals surface area contributed by atoms with Gasteiger partial charge in [-0.1, -0.05) is 6.07 Å². The fraction of sp³-hybridized carbons (Fsp3) is 0.100. The number of aromatic amines is 1. The molecule has 28 heavy (non-hydrogen) atoms. The van der Waals surface area contributed by atoms with Crippen molar-refractivity contribution in [3.8, 4) is 40.0 Å². The number of nitrogens with zero attached hydrogens (tertiary/aromatic N) is 2. The molecular formula is C20H17N4O4+. The number of H-pyrrole nitrogens is 1. The van der Waals surface area contributed by atoms with Gasteiger partial charge in [0.25, 0.3) is 11.5 Å². The van der Waals surface area contributed by atoms with Crippen LogP contribution < -0.4 is 20.2 Å². The van der Waals surface area contributed by atoms with Crippen molar-refractivity contribution in [2.24, 2.45) is 0 Å². The Labute approximate surface area is 160 Å². The van der Waals surface area contributed by atoms with Gasteiger partial charge in [-0.05, 0) is 35.9 Å². The molecule has 0 radical (unpaired) electrons. The number of methoxy groups -OCH3 is 2. The summed E-state index contributed by atoms with van der Waals surface area (Å²) >= 11 is 0. The van der Waals surface area contributed by atoms with E-state index < -0.39 is 4.92 Å². The van der Waals surface area contributed by atoms with E-state index in [9.17, 15) is 15.4 Å². The van der Waals surface area contributed by atoms with Crippen LogP contribution in [0.2, 0.25) is 0 Å². The summed E-state index contributed by atoms with van der Waals surface area (Å²) in [5.74, 6) is 1.28. The summed E-state index contributed by atoms with van der Waals surface area (Å²) in [7, 11) is 3.07. The molecule has 0 aliphatic rings. The lowest BCUT2D eigenvalue weighted by atomic mass is 9.98. The molecule has 0 unspecified atom stereocenters. The van der Waals surface area contributed by atoms with Crippen molar-refractivity contribution >= 4 is 11.5 Å². The van der Waals surface area contributed by atoms with Gasteiger partial charge in [0.05, 0.1) is 19.1 Å². The van der Waals surface area contributed by atoms with Gasteiger partial charge in [0.1, 0.15) is 17.3 Å². The maximum absolute atomic E-state index is 10.9. The minimum atomic E-state index is -0.463. The molecule has 0 atom stereocenters. The van der Waals surface area contributed by atoms with Crippen LogP contribution in [0.4, 0.5) is 11.5 Å². The molecule has 3 aromatic rings. The fourth-order valence-corrected chi connectivity index (χ4v) is 2.88. The van der Waals surface area contributed by atoms with E-state index in [1.165, 1.54) is 19.2 Å². The molecule has 0 saturated carbocycles. The molecule has 0 aliphatic heterocycles. The second-order valence-corrected chi connectivity index (χ2v) is 5.87. The number of anilines is 1. The molecule has 3 rings (SSSR count). The van der Waals surface area contributed by atoms with E-state index in [1.807, 2.05) is 0 Å². The summed E-state index contributed by atoms with van der Waals surface area (Å²) in [6.45, 7) is 0. The Balaban J connectivity index is 2.16. The molecule has 0 spiro atoms. The molecule has 8 nitrogen and oxygen atoms in total. The van der Waals surface area contributed by atoms with Gasteiger partial charge in [-0.2, -0.15) is 5.26 Å². The van der Waals surface area contributed by atoms with E-state index >= 15 is 0 Å². The Kier molecular flexibility index (Phi) is 5.09. The Morgan fingerprint density at radius 3 is 2.25 bits per heavy atom. The summed E-state index contributed by atoms with van der Waals surface area (Å²) in [5, 5.41) is 20.4. The highest BCUT2D eigenvalue weighted by atomic mass is 16.6. The largest absolute Gasteiger partial charge is 0.493 e. The molecule has 1 heterocycles. The topological polar surface area (TPSA) is 126 Å². The first-order valence-corrected chi connectivity index (χ1v) is 8.21. The van der Waals surface area contributed by atoms with Crippen LogP contribution in [0.15, 0.2) is 48.5 Å². The van der Waals surface area contributed by atoms with E-state index in [-0.39, 0.29) is 17.1 Å². The summed E-state index contributed by atoms with van der Waals surface area (Å²) < 4.78 is 10.6.